The molecule has 3 aromatic carbocycles. The smallest absolute Gasteiger partial charge is 0.194 e. The molecule has 28 heavy (non-hydrogen) atoms. The molecule has 5 rings (SSSR count). The standard InChI is InChI=1S/C24H22O4/c1-24(2)27-20(16-9-4-3-5-10-16)23(28-24)22-21(26-22)19(25)18-13-12-15-8-6-7-11-17(15)14-18/h3-14,20-23H,1-2H3/t20-,21+,22+,23+/m1/s1. The van der Waals surface area contributed by atoms with E-state index in [1.165, 1.54) is 0 Å². The summed E-state index contributed by atoms with van der Waals surface area (Å²) in [4.78, 5) is 13.0. The monoisotopic (exact) mass is 374 g/mol. The maximum absolute atomic E-state index is 13.0. The average Bonchev–Trinajstić information content (AvgIpc) is 3.44. The van der Waals surface area contributed by atoms with Crippen LogP contribution in [0.3, 0.4) is 0 Å². The first-order valence-corrected chi connectivity index (χ1v) is 9.61. The molecule has 2 aliphatic heterocycles. The number of rotatable bonds is 4. The van der Waals surface area contributed by atoms with Crippen LogP contribution in [0, 0.1) is 0 Å². The minimum absolute atomic E-state index is 0.00382. The molecule has 0 bridgehead atoms. The molecule has 4 atom stereocenters. The first-order valence-electron chi connectivity index (χ1n) is 9.61. The predicted octanol–water partition coefficient (Wildman–Crippen LogP) is 4.68. The molecule has 2 fully saturated rings. The number of carbonyl (C=O) groups excluding carboxylic acids is 1. The quantitative estimate of drug-likeness (QED) is 0.491. The fraction of sp³-hybridized carbons (Fsp3) is 0.292. The van der Waals surface area contributed by atoms with Gasteiger partial charge in [-0.2, -0.15) is 0 Å². The number of fused-ring (bicyclic) bond motifs is 1. The van der Waals surface area contributed by atoms with Crippen molar-refractivity contribution in [3.8, 4) is 0 Å². The van der Waals surface area contributed by atoms with Crippen LogP contribution in [0.15, 0.2) is 72.8 Å². The van der Waals surface area contributed by atoms with E-state index in [-0.39, 0.29) is 24.1 Å². The van der Waals surface area contributed by atoms with E-state index in [9.17, 15) is 4.79 Å². The molecule has 4 heteroatoms. The van der Waals surface area contributed by atoms with Gasteiger partial charge in [0.2, 0.25) is 0 Å². The second-order valence-electron chi connectivity index (χ2n) is 7.88. The Hall–Kier alpha value is -2.53. The first kappa shape index (κ1) is 17.6. The number of hydrogen-bond acceptors (Lipinski definition) is 4. The van der Waals surface area contributed by atoms with Gasteiger partial charge in [0.1, 0.15) is 24.4 Å². The van der Waals surface area contributed by atoms with E-state index in [1.807, 2.05) is 86.6 Å². The molecule has 0 N–H and O–H groups in total. The third-order valence-electron chi connectivity index (χ3n) is 5.40. The number of benzene rings is 3. The highest BCUT2D eigenvalue weighted by molar-refractivity contribution is 6.04. The largest absolute Gasteiger partial charge is 0.358 e. The molecule has 0 unspecified atom stereocenters. The third-order valence-corrected chi connectivity index (χ3v) is 5.40. The molecule has 3 aromatic rings. The Kier molecular flexibility index (Phi) is 4.09. The number of carbonyl (C=O) groups is 1. The van der Waals surface area contributed by atoms with Gasteiger partial charge in [-0.3, -0.25) is 4.79 Å². The molecule has 4 nitrogen and oxygen atoms in total. The zero-order valence-corrected chi connectivity index (χ0v) is 15.9. The van der Waals surface area contributed by atoms with Crippen molar-refractivity contribution in [1.82, 2.24) is 0 Å². The van der Waals surface area contributed by atoms with Gasteiger partial charge in [-0.25, -0.2) is 0 Å². The summed E-state index contributed by atoms with van der Waals surface area (Å²) in [5.74, 6) is -0.718. The second kappa shape index (κ2) is 6.52. The first-order chi connectivity index (χ1) is 13.5. The van der Waals surface area contributed by atoms with Gasteiger partial charge in [0, 0.05) is 5.56 Å². The molecule has 0 aromatic heterocycles. The van der Waals surface area contributed by atoms with Gasteiger partial charge >= 0.3 is 0 Å². The van der Waals surface area contributed by atoms with Crippen LogP contribution in [0.2, 0.25) is 0 Å². The molecule has 2 saturated heterocycles. The molecular formula is C24H22O4. The highest BCUT2D eigenvalue weighted by Gasteiger charge is 2.58. The lowest BCUT2D eigenvalue weighted by molar-refractivity contribution is -0.148. The van der Waals surface area contributed by atoms with E-state index in [4.69, 9.17) is 14.2 Å². The number of ether oxygens (including phenoxy) is 3. The van der Waals surface area contributed by atoms with Crippen molar-refractivity contribution in [3.63, 3.8) is 0 Å². The van der Waals surface area contributed by atoms with Gasteiger partial charge in [-0.1, -0.05) is 66.7 Å². The summed E-state index contributed by atoms with van der Waals surface area (Å²) < 4.78 is 18.1. The predicted molar refractivity (Wildman–Crippen MR) is 106 cm³/mol. The SMILES string of the molecule is CC1(C)O[C@H]([C@H]2O[C@H]2C(=O)c2ccc3ccccc3c2)[C@@H](c2ccccc2)O1. The Bertz CT molecular complexity index is 1030. The Morgan fingerprint density at radius 2 is 1.54 bits per heavy atom. The second-order valence-corrected chi connectivity index (χ2v) is 7.88. The van der Waals surface area contributed by atoms with Crippen LogP contribution < -0.4 is 0 Å². The van der Waals surface area contributed by atoms with Crippen LogP contribution >= 0.6 is 0 Å². The third kappa shape index (κ3) is 3.14. The number of Topliss-reactive ketones (excluding diaryl/α,β-unsaturated/α-hetero) is 1. The number of hydrogen-bond donors (Lipinski definition) is 0. The van der Waals surface area contributed by atoms with Gasteiger partial charge < -0.3 is 14.2 Å². The Morgan fingerprint density at radius 3 is 2.32 bits per heavy atom. The lowest BCUT2D eigenvalue weighted by Crippen LogP contribution is -2.27. The van der Waals surface area contributed by atoms with Gasteiger partial charge in [0.05, 0.1) is 0 Å². The van der Waals surface area contributed by atoms with Gasteiger partial charge in [0.25, 0.3) is 0 Å². The summed E-state index contributed by atoms with van der Waals surface area (Å²) >= 11 is 0. The highest BCUT2D eigenvalue weighted by atomic mass is 16.8. The number of epoxide rings is 1. The van der Waals surface area contributed by atoms with Crippen molar-refractivity contribution in [2.75, 3.05) is 0 Å². The van der Waals surface area contributed by atoms with E-state index in [0.717, 1.165) is 16.3 Å². The zero-order valence-electron chi connectivity index (χ0n) is 15.9. The van der Waals surface area contributed by atoms with Crippen LogP contribution in [0.25, 0.3) is 10.8 Å². The van der Waals surface area contributed by atoms with E-state index >= 15 is 0 Å². The van der Waals surface area contributed by atoms with Crippen molar-refractivity contribution in [2.24, 2.45) is 0 Å². The van der Waals surface area contributed by atoms with E-state index in [2.05, 4.69) is 0 Å². The average molecular weight is 374 g/mol. The molecule has 0 saturated carbocycles. The summed E-state index contributed by atoms with van der Waals surface area (Å²) in [5, 5.41) is 2.17. The normalized spacial score (nSPS) is 28.4. The van der Waals surface area contributed by atoms with E-state index in [1.54, 1.807) is 0 Å². The van der Waals surface area contributed by atoms with Gasteiger partial charge in [-0.05, 0) is 36.2 Å². The zero-order chi connectivity index (χ0) is 19.3. The fourth-order valence-corrected chi connectivity index (χ4v) is 4.02. The van der Waals surface area contributed by atoms with E-state index < -0.39 is 11.9 Å². The minimum Gasteiger partial charge on any atom is -0.358 e. The molecule has 142 valence electrons. The highest BCUT2D eigenvalue weighted by Crippen LogP contribution is 2.46. The van der Waals surface area contributed by atoms with Crippen molar-refractivity contribution in [2.45, 2.75) is 44.1 Å². The van der Waals surface area contributed by atoms with Crippen molar-refractivity contribution < 1.29 is 19.0 Å². The topological polar surface area (TPSA) is 48.1 Å². The Labute approximate surface area is 164 Å². The van der Waals surface area contributed by atoms with Crippen LogP contribution in [0.4, 0.5) is 0 Å². The lowest BCUT2D eigenvalue weighted by Gasteiger charge is -2.16. The maximum Gasteiger partial charge on any atom is 0.194 e. The summed E-state index contributed by atoms with van der Waals surface area (Å²) in [6, 6.07) is 23.8. The van der Waals surface area contributed by atoms with E-state index in [0.29, 0.717) is 5.56 Å². The minimum atomic E-state index is -0.715. The van der Waals surface area contributed by atoms with Crippen LogP contribution in [0.1, 0.15) is 35.9 Å². The summed E-state index contributed by atoms with van der Waals surface area (Å²) in [5.41, 5.74) is 1.70. The van der Waals surface area contributed by atoms with Crippen molar-refractivity contribution >= 4 is 16.6 Å². The number of ketones is 1. The van der Waals surface area contributed by atoms with Crippen molar-refractivity contribution in [3.05, 3.63) is 83.9 Å². The Morgan fingerprint density at radius 1 is 0.821 bits per heavy atom. The Balaban J connectivity index is 1.38. The molecule has 2 aliphatic rings. The molecule has 0 spiro atoms. The van der Waals surface area contributed by atoms with Crippen LogP contribution in [-0.2, 0) is 14.2 Å². The lowest BCUT2D eigenvalue weighted by atomic mass is 9.97. The molecular weight excluding hydrogens is 352 g/mol. The fourth-order valence-electron chi connectivity index (χ4n) is 4.02. The molecule has 0 amide bonds. The van der Waals surface area contributed by atoms with Crippen LogP contribution in [-0.4, -0.2) is 29.9 Å². The van der Waals surface area contributed by atoms with Crippen molar-refractivity contribution in [1.29, 1.82) is 0 Å². The summed E-state index contributed by atoms with van der Waals surface area (Å²) in [7, 11) is 0. The molecule has 0 aliphatic carbocycles. The maximum atomic E-state index is 13.0. The van der Waals surface area contributed by atoms with Gasteiger partial charge in [0.15, 0.2) is 11.6 Å². The van der Waals surface area contributed by atoms with Gasteiger partial charge in [-0.15, -0.1) is 0 Å². The molecule has 2 heterocycles. The molecule has 0 radical (unpaired) electrons. The van der Waals surface area contributed by atoms with Crippen LogP contribution in [0.5, 0.6) is 0 Å². The summed E-state index contributed by atoms with van der Waals surface area (Å²) in [6.07, 6.45) is -1.36. The summed E-state index contributed by atoms with van der Waals surface area (Å²) in [6.45, 7) is 3.79.